The number of sulfonamides is 1. The third kappa shape index (κ3) is 5.07. The van der Waals surface area contributed by atoms with Crippen LogP contribution in [0.1, 0.15) is 45.7 Å². The number of aryl methyl sites for hydroxylation is 2. The zero-order valence-corrected chi connectivity index (χ0v) is 17.7. The standard InChI is InChI=1S/C21H24FNO5S/c1-5-23(6-2)29(26,27)16-9-10-19(22)18(12-16)21(25)28-13-20(24)17-11-14(3)7-8-15(17)4/h7-12H,5-6,13H2,1-4H3. The summed E-state index contributed by atoms with van der Waals surface area (Å²) in [5.74, 6) is -2.45. The average Bonchev–Trinajstić information content (AvgIpc) is 2.68. The van der Waals surface area contributed by atoms with Crippen LogP contribution in [0.4, 0.5) is 4.39 Å². The molecule has 0 bridgehead atoms. The van der Waals surface area contributed by atoms with E-state index in [1.807, 2.05) is 13.0 Å². The largest absolute Gasteiger partial charge is 0.454 e. The van der Waals surface area contributed by atoms with Crippen molar-refractivity contribution < 1.29 is 27.1 Å². The fraction of sp³-hybridized carbons (Fsp3) is 0.333. The van der Waals surface area contributed by atoms with E-state index in [2.05, 4.69) is 0 Å². The van der Waals surface area contributed by atoms with Gasteiger partial charge < -0.3 is 4.74 Å². The highest BCUT2D eigenvalue weighted by molar-refractivity contribution is 7.89. The molecular weight excluding hydrogens is 397 g/mol. The Bertz CT molecular complexity index is 1030. The third-order valence-corrected chi connectivity index (χ3v) is 6.57. The molecule has 0 aromatic heterocycles. The molecule has 0 aliphatic rings. The van der Waals surface area contributed by atoms with Crippen LogP contribution in [0.15, 0.2) is 41.3 Å². The number of hydrogen-bond donors (Lipinski definition) is 0. The summed E-state index contributed by atoms with van der Waals surface area (Å²) in [6, 6.07) is 8.26. The van der Waals surface area contributed by atoms with Crippen molar-refractivity contribution in [2.24, 2.45) is 0 Å². The second-order valence-electron chi connectivity index (χ2n) is 6.55. The highest BCUT2D eigenvalue weighted by atomic mass is 32.2. The first-order valence-electron chi connectivity index (χ1n) is 9.19. The molecule has 0 aliphatic carbocycles. The molecule has 0 heterocycles. The number of carbonyl (C=O) groups excluding carboxylic acids is 2. The van der Waals surface area contributed by atoms with Gasteiger partial charge in [-0.05, 0) is 43.7 Å². The van der Waals surface area contributed by atoms with Gasteiger partial charge in [0.25, 0.3) is 0 Å². The molecule has 0 fully saturated rings. The van der Waals surface area contributed by atoms with Crippen LogP contribution in [-0.4, -0.2) is 44.2 Å². The number of Topliss-reactive ketones (excluding diaryl/α,β-unsaturated/α-hetero) is 1. The number of carbonyl (C=O) groups is 2. The van der Waals surface area contributed by atoms with Crippen LogP contribution in [0.5, 0.6) is 0 Å². The van der Waals surface area contributed by atoms with Crippen LogP contribution in [0, 0.1) is 19.7 Å². The molecule has 0 atom stereocenters. The van der Waals surface area contributed by atoms with E-state index in [4.69, 9.17) is 4.74 Å². The maximum Gasteiger partial charge on any atom is 0.341 e. The van der Waals surface area contributed by atoms with Crippen LogP contribution >= 0.6 is 0 Å². The Morgan fingerprint density at radius 1 is 1.00 bits per heavy atom. The molecule has 0 saturated carbocycles. The van der Waals surface area contributed by atoms with Crippen molar-refractivity contribution >= 4 is 21.8 Å². The highest BCUT2D eigenvalue weighted by Crippen LogP contribution is 2.20. The molecule has 0 amide bonds. The van der Waals surface area contributed by atoms with Gasteiger partial charge in [0, 0.05) is 18.7 Å². The Kier molecular flexibility index (Phi) is 7.26. The number of ether oxygens (including phenoxy) is 1. The molecule has 2 rings (SSSR count). The molecule has 0 unspecified atom stereocenters. The Balaban J connectivity index is 2.23. The van der Waals surface area contributed by atoms with Crippen molar-refractivity contribution in [3.63, 3.8) is 0 Å². The van der Waals surface area contributed by atoms with Crippen LogP contribution in [0.2, 0.25) is 0 Å². The topological polar surface area (TPSA) is 80.8 Å². The first kappa shape index (κ1) is 22.7. The maximum atomic E-state index is 14.1. The molecule has 0 N–H and O–H groups in total. The molecule has 156 valence electrons. The normalized spacial score (nSPS) is 11.5. The minimum Gasteiger partial charge on any atom is -0.454 e. The summed E-state index contributed by atoms with van der Waals surface area (Å²) >= 11 is 0. The number of nitrogens with zero attached hydrogens (tertiary/aromatic N) is 1. The number of benzene rings is 2. The Labute approximate surface area is 170 Å². The van der Waals surface area contributed by atoms with Gasteiger partial charge in [-0.3, -0.25) is 4.79 Å². The van der Waals surface area contributed by atoms with Gasteiger partial charge in [0.2, 0.25) is 15.8 Å². The molecule has 6 nitrogen and oxygen atoms in total. The van der Waals surface area contributed by atoms with Crippen LogP contribution in [0.3, 0.4) is 0 Å². The Morgan fingerprint density at radius 3 is 2.28 bits per heavy atom. The molecule has 2 aromatic carbocycles. The first-order valence-corrected chi connectivity index (χ1v) is 10.6. The summed E-state index contributed by atoms with van der Waals surface area (Å²) in [4.78, 5) is 24.5. The van der Waals surface area contributed by atoms with Gasteiger partial charge in [0.1, 0.15) is 5.82 Å². The van der Waals surface area contributed by atoms with Gasteiger partial charge in [-0.2, -0.15) is 4.31 Å². The minimum atomic E-state index is -3.87. The van der Waals surface area contributed by atoms with Crippen LogP contribution < -0.4 is 0 Å². The number of rotatable bonds is 8. The number of esters is 1. The quantitative estimate of drug-likeness (QED) is 0.481. The summed E-state index contributed by atoms with van der Waals surface area (Å²) in [6.07, 6.45) is 0. The molecule has 0 aliphatic heterocycles. The molecule has 29 heavy (non-hydrogen) atoms. The highest BCUT2D eigenvalue weighted by Gasteiger charge is 2.25. The summed E-state index contributed by atoms with van der Waals surface area (Å²) < 4.78 is 45.5. The van der Waals surface area contributed by atoms with Gasteiger partial charge in [-0.1, -0.05) is 31.5 Å². The SMILES string of the molecule is CCN(CC)S(=O)(=O)c1ccc(F)c(C(=O)OCC(=O)c2cc(C)ccc2C)c1. The van der Waals surface area contributed by atoms with E-state index < -0.39 is 39.8 Å². The predicted molar refractivity (Wildman–Crippen MR) is 107 cm³/mol. The molecule has 8 heteroatoms. The number of hydrogen-bond acceptors (Lipinski definition) is 5. The van der Waals surface area contributed by atoms with Crippen molar-refractivity contribution in [1.29, 1.82) is 0 Å². The monoisotopic (exact) mass is 421 g/mol. The zero-order chi connectivity index (χ0) is 21.8. The van der Waals surface area contributed by atoms with E-state index in [1.165, 1.54) is 4.31 Å². The minimum absolute atomic E-state index is 0.213. The second kappa shape index (κ2) is 9.28. The van der Waals surface area contributed by atoms with Crippen molar-refractivity contribution in [1.82, 2.24) is 4.31 Å². The van der Waals surface area contributed by atoms with Gasteiger partial charge in [0.05, 0.1) is 10.5 Å². The molecule has 0 radical (unpaired) electrons. The molecule has 0 saturated heterocycles. The van der Waals surface area contributed by atoms with Gasteiger partial charge >= 0.3 is 5.97 Å². The third-order valence-electron chi connectivity index (χ3n) is 4.53. The number of halogens is 1. The summed E-state index contributed by atoms with van der Waals surface area (Å²) in [5, 5.41) is 0. The van der Waals surface area contributed by atoms with Crippen LogP contribution in [0.25, 0.3) is 0 Å². The van der Waals surface area contributed by atoms with Gasteiger partial charge in [-0.15, -0.1) is 0 Å². The average molecular weight is 421 g/mol. The van der Waals surface area contributed by atoms with Crippen LogP contribution in [-0.2, 0) is 14.8 Å². The second-order valence-corrected chi connectivity index (χ2v) is 8.49. The van der Waals surface area contributed by atoms with E-state index in [-0.39, 0.29) is 18.0 Å². The summed E-state index contributed by atoms with van der Waals surface area (Å²) in [5.41, 5.74) is 1.49. The van der Waals surface area contributed by atoms with Crippen molar-refractivity contribution in [2.75, 3.05) is 19.7 Å². The first-order chi connectivity index (χ1) is 13.6. The lowest BCUT2D eigenvalue weighted by Crippen LogP contribution is -2.30. The van der Waals surface area contributed by atoms with Crippen molar-refractivity contribution in [2.45, 2.75) is 32.6 Å². The Hall–Kier alpha value is -2.58. The fourth-order valence-corrected chi connectivity index (χ4v) is 4.34. The molecule has 2 aromatic rings. The summed E-state index contributed by atoms with van der Waals surface area (Å²) in [7, 11) is -3.87. The smallest absolute Gasteiger partial charge is 0.341 e. The van der Waals surface area contributed by atoms with Gasteiger partial charge in [-0.25, -0.2) is 17.6 Å². The molecule has 0 spiro atoms. The van der Waals surface area contributed by atoms with E-state index in [0.717, 1.165) is 29.3 Å². The van der Waals surface area contributed by atoms with Crippen molar-refractivity contribution in [3.8, 4) is 0 Å². The van der Waals surface area contributed by atoms with E-state index in [9.17, 15) is 22.4 Å². The lowest BCUT2D eigenvalue weighted by molar-refractivity contribution is 0.0469. The Morgan fingerprint density at radius 2 is 1.66 bits per heavy atom. The lowest BCUT2D eigenvalue weighted by atomic mass is 10.0. The van der Waals surface area contributed by atoms with E-state index >= 15 is 0 Å². The van der Waals surface area contributed by atoms with E-state index in [1.54, 1.807) is 32.9 Å². The predicted octanol–water partition coefficient (Wildman–Crippen LogP) is 3.51. The number of ketones is 1. The fourth-order valence-electron chi connectivity index (χ4n) is 2.86. The zero-order valence-electron chi connectivity index (χ0n) is 16.9. The summed E-state index contributed by atoms with van der Waals surface area (Å²) in [6.45, 7) is 6.85. The lowest BCUT2D eigenvalue weighted by Gasteiger charge is -2.18. The maximum absolute atomic E-state index is 14.1. The van der Waals surface area contributed by atoms with Gasteiger partial charge in [0.15, 0.2) is 6.61 Å². The van der Waals surface area contributed by atoms with E-state index in [0.29, 0.717) is 5.56 Å². The van der Waals surface area contributed by atoms with Crippen molar-refractivity contribution in [3.05, 3.63) is 64.5 Å². The molecular formula is C21H24FNO5S.